The van der Waals surface area contributed by atoms with Crippen molar-refractivity contribution in [3.8, 4) is 0 Å². The molecule has 0 aromatic heterocycles. The van der Waals surface area contributed by atoms with E-state index in [0.29, 0.717) is 31.1 Å². The molecular formula is C26H37F3N6O5. The summed E-state index contributed by atoms with van der Waals surface area (Å²) in [4.78, 5) is 47.0. The van der Waals surface area contributed by atoms with Crippen molar-refractivity contribution in [1.82, 2.24) is 14.7 Å². The van der Waals surface area contributed by atoms with Gasteiger partial charge in [0.05, 0.1) is 0 Å². The first kappa shape index (κ1) is 34.3. The van der Waals surface area contributed by atoms with Crippen molar-refractivity contribution in [2.75, 3.05) is 39.3 Å². The zero-order valence-corrected chi connectivity index (χ0v) is 24.2. The number of halogens is 3. The van der Waals surface area contributed by atoms with Crippen LogP contribution < -0.4 is 0 Å². The van der Waals surface area contributed by atoms with Gasteiger partial charge < -0.3 is 28.9 Å². The van der Waals surface area contributed by atoms with E-state index in [1.807, 2.05) is 48.5 Å². The summed E-state index contributed by atoms with van der Waals surface area (Å²) >= 11 is 0. The van der Waals surface area contributed by atoms with Crippen LogP contribution in [-0.4, -0.2) is 107 Å². The number of carbonyl (C=O) groups excluding carboxylic acids is 3. The van der Waals surface area contributed by atoms with E-state index in [9.17, 15) is 27.6 Å². The second-order valence-electron chi connectivity index (χ2n) is 12.4. The van der Waals surface area contributed by atoms with E-state index in [4.69, 9.17) is 29.2 Å². The van der Waals surface area contributed by atoms with Gasteiger partial charge in [0.25, 0.3) is 17.1 Å². The normalized spacial score (nSPS) is 19.1. The molecule has 3 saturated heterocycles. The molecule has 0 atom stereocenters. The average Bonchev–Trinajstić information content (AvgIpc) is 2.71. The Hall–Kier alpha value is -3.73. The minimum atomic E-state index is -4.82. The van der Waals surface area contributed by atoms with Crippen LogP contribution in [0.3, 0.4) is 0 Å². The number of rotatable bonds is 0. The van der Waals surface area contributed by atoms with E-state index in [2.05, 4.69) is 14.5 Å². The smallest absolute Gasteiger partial charge is 0.444 e. The Morgan fingerprint density at radius 2 is 1.07 bits per heavy atom. The summed E-state index contributed by atoms with van der Waals surface area (Å²) in [5.74, 6) is -1.85. The first-order valence-corrected chi connectivity index (χ1v) is 12.4. The third-order valence-electron chi connectivity index (χ3n) is 5.54. The Morgan fingerprint density at radius 3 is 1.38 bits per heavy atom. The van der Waals surface area contributed by atoms with E-state index in [-0.39, 0.29) is 31.3 Å². The van der Waals surface area contributed by atoms with Gasteiger partial charge in [0.2, 0.25) is 0 Å². The Bertz CT molecular complexity index is 1070. The molecule has 11 nitrogen and oxygen atoms in total. The molecule has 0 unspecified atom stereocenters. The number of likely N-dealkylation sites (tertiary alicyclic amines) is 3. The standard InChI is InChI=1S/C10H16N2O2.C9H14N2O2.C7H7F3N2O/c1-9(2,3)14-8(13)12-6-10(4,7-12)11-5;1-9(2,3)13-8(12)11-5-7(6-11)10-4;1-6(11-2)3-12(4-6)5(13)7(8,9)10/h6-7H2,1-4H3;7H,5-6H2,1-3H3;3-4H2,1H3. The van der Waals surface area contributed by atoms with Crippen molar-refractivity contribution < 1.29 is 37.0 Å². The van der Waals surface area contributed by atoms with Gasteiger partial charge in [-0.1, -0.05) is 0 Å². The quantitative estimate of drug-likeness (QED) is 0.400. The average molecular weight is 571 g/mol. The largest absolute Gasteiger partial charge is 0.471 e. The lowest BCUT2D eigenvalue weighted by molar-refractivity contribution is -0.191. The molecule has 0 aliphatic carbocycles. The molecule has 3 fully saturated rings. The Labute approximate surface area is 233 Å². The summed E-state index contributed by atoms with van der Waals surface area (Å²) < 4.78 is 45.7. The van der Waals surface area contributed by atoms with Crippen LogP contribution in [0.1, 0.15) is 55.4 Å². The first-order valence-electron chi connectivity index (χ1n) is 12.4. The highest BCUT2D eigenvalue weighted by molar-refractivity contribution is 5.83. The van der Waals surface area contributed by atoms with Crippen LogP contribution in [0.25, 0.3) is 14.5 Å². The second kappa shape index (κ2) is 12.2. The predicted molar refractivity (Wildman–Crippen MR) is 139 cm³/mol. The summed E-state index contributed by atoms with van der Waals surface area (Å²) in [6.07, 6.45) is -5.45. The molecule has 0 aromatic carbocycles. The number of hydrogen-bond acceptors (Lipinski definition) is 5. The van der Waals surface area contributed by atoms with Crippen LogP contribution in [0, 0.1) is 19.7 Å². The van der Waals surface area contributed by atoms with Gasteiger partial charge in [-0.25, -0.2) is 29.3 Å². The monoisotopic (exact) mass is 570 g/mol. The van der Waals surface area contributed by atoms with E-state index in [0.717, 1.165) is 0 Å². The van der Waals surface area contributed by atoms with Crippen molar-refractivity contribution in [2.24, 2.45) is 0 Å². The fourth-order valence-electron chi connectivity index (χ4n) is 3.48. The maximum absolute atomic E-state index is 11.8. The van der Waals surface area contributed by atoms with Gasteiger partial charge in [0.15, 0.2) is 0 Å². The molecule has 3 aliphatic heterocycles. The van der Waals surface area contributed by atoms with Gasteiger partial charge in [0, 0.05) is 13.8 Å². The van der Waals surface area contributed by atoms with E-state index in [1.54, 1.807) is 9.80 Å². The molecule has 14 heteroatoms. The zero-order valence-electron chi connectivity index (χ0n) is 24.2. The lowest BCUT2D eigenvalue weighted by Gasteiger charge is -2.39. The van der Waals surface area contributed by atoms with Crippen LogP contribution >= 0.6 is 0 Å². The van der Waals surface area contributed by atoms with Gasteiger partial charge in [-0.15, -0.1) is 0 Å². The molecular weight excluding hydrogens is 533 g/mol. The number of alkyl halides is 3. The Morgan fingerprint density at radius 1 is 0.725 bits per heavy atom. The highest BCUT2D eigenvalue weighted by Crippen LogP contribution is 2.29. The summed E-state index contributed by atoms with van der Waals surface area (Å²) in [5.41, 5.74) is -2.11. The molecule has 3 rings (SSSR count). The number of ether oxygens (including phenoxy) is 2. The van der Waals surface area contributed by atoms with E-state index >= 15 is 0 Å². The van der Waals surface area contributed by atoms with Crippen molar-refractivity contribution >= 4 is 18.1 Å². The first-order chi connectivity index (χ1) is 18.0. The summed E-state index contributed by atoms with van der Waals surface area (Å²) in [7, 11) is 0. The minimum absolute atomic E-state index is 0.0208. The van der Waals surface area contributed by atoms with Crippen LogP contribution in [0.4, 0.5) is 22.8 Å². The third kappa shape index (κ3) is 10.4. The van der Waals surface area contributed by atoms with Gasteiger partial charge in [-0.3, -0.25) is 14.6 Å². The molecule has 40 heavy (non-hydrogen) atoms. The molecule has 3 aliphatic rings. The summed E-state index contributed by atoms with van der Waals surface area (Å²) in [5, 5.41) is 0. The van der Waals surface area contributed by atoms with Crippen molar-refractivity contribution in [2.45, 2.75) is 89.9 Å². The fraction of sp³-hybridized carbons (Fsp3) is 0.769. The van der Waals surface area contributed by atoms with Crippen molar-refractivity contribution in [3.05, 3.63) is 34.3 Å². The Kier molecular flexibility index (Phi) is 10.5. The maximum atomic E-state index is 11.8. The summed E-state index contributed by atoms with van der Waals surface area (Å²) in [6, 6.07) is -0.0208. The maximum Gasteiger partial charge on any atom is 0.471 e. The van der Waals surface area contributed by atoms with Crippen molar-refractivity contribution in [3.63, 3.8) is 0 Å². The molecule has 0 saturated carbocycles. The van der Waals surface area contributed by atoms with Crippen LogP contribution in [0.2, 0.25) is 0 Å². The second-order valence-corrected chi connectivity index (χ2v) is 12.4. The van der Waals surface area contributed by atoms with E-state index < -0.39 is 34.4 Å². The highest BCUT2D eigenvalue weighted by atomic mass is 19.4. The van der Waals surface area contributed by atoms with Crippen LogP contribution in [0.5, 0.6) is 0 Å². The summed E-state index contributed by atoms with van der Waals surface area (Å²) in [6.45, 7) is 36.4. The van der Waals surface area contributed by atoms with Gasteiger partial charge in [-0.2, -0.15) is 13.2 Å². The minimum Gasteiger partial charge on any atom is -0.444 e. The third-order valence-corrected chi connectivity index (χ3v) is 5.54. The van der Waals surface area contributed by atoms with Gasteiger partial charge in [-0.05, 0) is 41.5 Å². The number of nitrogens with zero attached hydrogens (tertiary/aromatic N) is 6. The number of hydrogen-bond donors (Lipinski definition) is 0. The van der Waals surface area contributed by atoms with Crippen molar-refractivity contribution in [1.29, 1.82) is 0 Å². The molecule has 3 amide bonds. The molecule has 0 N–H and O–H groups in total. The molecule has 0 radical (unpaired) electrons. The molecule has 222 valence electrons. The lowest BCUT2D eigenvalue weighted by Crippen LogP contribution is -2.62. The number of amides is 3. The van der Waals surface area contributed by atoms with Gasteiger partial charge >= 0.3 is 24.3 Å². The van der Waals surface area contributed by atoms with Gasteiger partial charge in [0.1, 0.15) is 50.5 Å². The molecule has 0 aromatic rings. The zero-order chi connectivity index (χ0) is 31.3. The molecule has 3 heterocycles. The van der Waals surface area contributed by atoms with Crippen LogP contribution in [0.15, 0.2) is 0 Å². The van der Waals surface area contributed by atoms with Crippen LogP contribution in [-0.2, 0) is 14.3 Å². The Balaban J connectivity index is 0.000000300. The number of carbonyl (C=O) groups is 3. The topological polar surface area (TPSA) is 92.5 Å². The fourth-order valence-corrected chi connectivity index (χ4v) is 3.48. The van der Waals surface area contributed by atoms with E-state index in [1.165, 1.54) is 6.92 Å². The molecule has 0 bridgehead atoms. The highest BCUT2D eigenvalue weighted by Gasteiger charge is 2.54. The molecule has 0 spiro atoms. The SMILES string of the molecule is [C-]#[N+]C1(C)CN(C(=O)C(F)(F)F)C1.[C-]#[N+]C1(C)CN(C(=O)OC(C)(C)C)C1.[C-]#[N+]C1CN(C(=O)OC(C)(C)C)C1. The predicted octanol–water partition coefficient (Wildman–Crippen LogP) is 4.51. The lowest BCUT2D eigenvalue weighted by atomic mass is 9.93.